The van der Waals surface area contributed by atoms with Gasteiger partial charge in [-0.25, -0.2) is 0 Å². The zero-order valence-corrected chi connectivity index (χ0v) is 12.0. The van der Waals surface area contributed by atoms with E-state index in [9.17, 15) is 9.59 Å². The molecule has 0 heterocycles. The molecule has 0 aliphatic rings. The fraction of sp³-hybridized carbons (Fsp3) is 0.294. The molecular weight excluding hydrogens is 252 g/mol. The molecular formula is C17H18O3. The molecule has 104 valence electrons. The molecule has 0 aliphatic heterocycles. The third-order valence-electron chi connectivity index (χ3n) is 3.40. The van der Waals surface area contributed by atoms with Gasteiger partial charge in [0.1, 0.15) is 11.5 Å². The second-order valence-electron chi connectivity index (χ2n) is 5.04. The molecule has 2 rings (SSSR count). The predicted molar refractivity (Wildman–Crippen MR) is 79.3 cm³/mol. The SMILES string of the molecule is COc1ccc2ccccc2c1C(=O)C(C)CC(C)=O. The molecule has 0 saturated carbocycles. The van der Waals surface area contributed by atoms with Crippen LogP contribution in [-0.2, 0) is 4.79 Å². The van der Waals surface area contributed by atoms with E-state index in [1.165, 1.54) is 6.92 Å². The molecule has 0 radical (unpaired) electrons. The highest BCUT2D eigenvalue weighted by molar-refractivity contribution is 6.12. The van der Waals surface area contributed by atoms with Gasteiger partial charge < -0.3 is 9.53 Å². The van der Waals surface area contributed by atoms with Gasteiger partial charge in [0.05, 0.1) is 12.7 Å². The van der Waals surface area contributed by atoms with E-state index in [2.05, 4.69) is 0 Å². The van der Waals surface area contributed by atoms with Gasteiger partial charge in [-0.05, 0) is 23.8 Å². The minimum Gasteiger partial charge on any atom is -0.496 e. The van der Waals surface area contributed by atoms with Crippen molar-refractivity contribution in [2.24, 2.45) is 5.92 Å². The largest absolute Gasteiger partial charge is 0.496 e. The molecule has 0 aromatic heterocycles. The van der Waals surface area contributed by atoms with Crippen LogP contribution in [0.25, 0.3) is 10.8 Å². The highest BCUT2D eigenvalue weighted by atomic mass is 16.5. The lowest BCUT2D eigenvalue weighted by Gasteiger charge is -2.14. The summed E-state index contributed by atoms with van der Waals surface area (Å²) in [6.45, 7) is 3.29. The Balaban J connectivity index is 2.56. The molecule has 20 heavy (non-hydrogen) atoms. The Morgan fingerprint density at radius 2 is 1.85 bits per heavy atom. The van der Waals surface area contributed by atoms with E-state index in [1.807, 2.05) is 30.3 Å². The van der Waals surface area contributed by atoms with Crippen LogP contribution in [0.1, 0.15) is 30.6 Å². The maximum Gasteiger partial charge on any atom is 0.170 e. The zero-order valence-electron chi connectivity index (χ0n) is 12.0. The first kappa shape index (κ1) is 14.3. The molecule has 2 aromatic carbocycles. The van der Waals surface area contributed by atoms with Crippen molar-refractivity contribution in [1.29, 1.82) is 0 Å². The van der Waals surface area contributed by atoms with Crippen molar-refractivity contribution in [3.63, 3.8) is 0 Å². The Hall–Kier alpha value is -2.16. The minimum absolute atomic E-state index is 0.0186. The first-order valence-corrected chi connectivity index (χ1v) is 6.64. The Kier molecular flexibility index (Phi) is 4.18. The van der Waals surface area contributed by atoms with Crippen LogP contribution in [0.2, 0.25) is 0 Å². The van der Waals surface area contributed by atoms with E-state index < -0.39 is 0 Å². The van der Waals surface area contributed by atoms with Crippen molar-refractivity contribution < 1.29 is 14.3 Å². The van der Waals surface area contributed by atoms with Gasteiger partial charge in [0, 0.05) is 12.3 Å². The zero-order chi connectivity index (χ0) is 14.7. The lowest BCUT2D eigenvalue weighted by molar-refractivity contribution is -0.117. The standard InChI is InChI=1S/C17H18O3/c1-11(10-12(2)18)17(19)16-14-7-5-4-6-13(14)8-9-15(16)20-3/h4-9,11H,10H2,1-3H3. The summed E-state index contributed by atoms with van der Waals surface area (Å²) in [5.74, 6) is 0.190. The first-order valence-electron chi connectivity index (χ1n) is 6.64. The van der Waals surface area contributed by atoms with E-state index in [1.54, 1.807) is 20.1 Å². The number of ketones is 2. The average molecular weight is 270 g/mol. The quantitative estimate of drug-likeness (QED) is 0.779. The summed E-state index contributed by atoms with van der Waals surface area (Å²) in [5.41, 5.74) is 0.569. The van der Waals surface area contributed by atoms with Crippen molar-refractivity contribution >= 4 is 22.3 Å². The van der Waals surface area contributed by atoms with Gasteiger partial charge in [0.15, 0.2) is 5.78 Å². The third kappa shape index (κ3) is 2.72. The summed E-state index contributed by atoms with van der Waals surface area (Å²) in [6.07, 6.45) is 0.255. The fourth-order valence-electron chi connectivity index (χ4n) is 2.45. The third-order valence-corrected chi connectivity index (χ3v) is 3.40. The molecule has 3 nitrogen and oxygen atoms in total. The van der Waals surface area contributed by atoms with Crippen LogP contribution in [0.5, 0.6) is 5.75 Å². The number of hydrogen-bond acceptors (Lipinski definition) is 3. The summed E-state index contributed by atoms with van der Waals surface area (Å²) in [4.78, 5) is 23.9. The number of fused-ring (bicyclic) bond motifs is 1. The number of Topliss-reactive ketones (excluding diaryl/α,β-unsaturated/α-hetero) is 2. The van der Waals surface area contributed by atoms with Gasteiger partial charge in [-0.15, -0.1) is 0 Å². The molecule has 0 spiro atoms. The van der Waals surface area contributed by atoms with Gasteiger partial charge in [-0.1, -0.05) is 37.3 Å². The van der Waals surface area contributed by atoms with Crippen LogP contribution in [0, 0.1) is 5.92 Å². The Morgan fingerprint density at radius 3 is 2.50 bits per heavy atom. The van der Waals surface area contributed by atoms with Crippen molar-refractivity contribution in [3.05, 3.63) is 42.0 Å². The molecule has 3 heteroatoms. The van der Waals surface area contributed by atoms with Crippen molar-refractivity contribution in [3.8, 4) is 5.75 Å². The van der Waals surface area contributed by atoms with Crippen molar-refractivity contribution in [1.82, 2.24) is 0 Å². The molecule has 1 atom stereocenters. The number of methoxy groups -OCH3 is 1. The lowest BCUT2D eigenvalue weighted by Crippen LogP contribution is -2.15. The van der Waals surface area contributed by atoms with Crippen LogP contribution < -0.4 is 4.74 Å². The topological polar surface area (TPSA) is 43.4 Å². The summed E-state index contributed by atoms with van der Waals surface area (Å²) < 4.78 is 5.32. The highest BCUT2D eigenvalue weighted by Crippen LogP contribution is 2.30. The second kappa shape index (κ2) is 5.87. The van der Waals surface area contributed by atoms with E-state index in [4.69, 9.17) is 4.74 Å². The van der Waals surface area contributed by atoms with E-state index in [-0.39, 0.29) is 23.9 Å². The minimum atomic E-state index is -0.341. The highest BCUT2D eigenvalue weighted by Gasteiger charge is 2.22. The number of ether oxygens (including phenoxy) is 1. The number of carbonyl (C=O) groups is 2. The van der Waals surface area contributed by atoms with Crippen LogP contribution in [0.3, 0.4) is 0 Å². The summed E-state index contributed by atoms with van der Waals surface area (Å²) >= 11 is 0. The normalized spacial score (nSPS) is 12.2. The van der Waals surface area contributed by atoms with E-state index >= 15 is 0 Å². The van der Waals surface area contributed by atoms with Gasteiger partial charge in [-0.2, -0.15) is 0 Å². The number of benzene rings is 2. The monoisotopic (exact) mass is 270 g/mol. The molecule has 0 bridgehead atoms. The fourth-order valence-corrected chi connectivity index (χ4v) is 2.45. The first-order chi connectivity index (χ1) is 9.54. The summed E-state index contributed by atoms with van der Waals surface area (Å²) in [7, 11) is 1.55. The molecule has 0 fully saturated rings. The van der Waals surface area contributed by atoms with Crippen LogP contribution >= 0.6 is 0 Å². The van der Waals surface area contributed by atoms with E-state index in [0.29, 0.717) is 11.3 Å². The van der Waals surface area contributed by atoms with Crippen molar-refractivity contribution in [2.45, 2.75) is 20.3 Å². The maximum atomic E-state index is 12.6. The lowest BCUT2D eigenvalue weighted by atomic mass is 9.91. The second-order valence-corrected chi connectivity index (χ2v) is 5.04. The summed E-state index contributed by atoms with van der Waals surface area (Å²) in [5, 5.41) is 1.86. The Labute approximate surface area is 118 Å². The number of rotatable bonds is 5. The average Bonchev–Trinajstić information content (AvgIpc) is 2.44. The van der Waals surface area contributed by atoms with Gasteiger partial charge in [-0.3, -0.25) is 4.79 Å². The van der Waals surface area contributed by atoms with Gasteiger partial charge >= 0.3 is 0 Å². The molecule has 1 unspecified atom stereocenters. The smallest absolute Gasteiger partial charge is 0.170 e. The van der Waals surface area contributed by atoms with E-state index in [0.717, 1.165) is 10.8 Å². The Bertz CT molecular complexity index is 658. The molecule has 0 N–H and O–H groups in total. The van der Waals surface area contributed by atoms with Crippen LogP contribution in [-0.4, -0.2) is 18.7 Å². The predicted octanol–water partition coefficient (Wildman–Crippen LogP) is 3.65. The molecule has 0 saturated heterocycles. The molecule has 0 amide bonds. The molecule has 0 aliphatic carbocycles. The van der Waals surface area contributed by atoms with Gasteiger partial charge in [0.25, 0.3) is 0 Å². The van der Waals surface area contributed by atoms with Crippen molar-refractivity contribution in [2.75, 3.05) is 7.11 Å². The Morgan fingerprint density at radius 1 is 1.15 bits per heavy atom. The van der Waals surface area contributed by atoms with Gasteiger partial charge in [0.2, 0.25) is 0 Å². The van der Waals surface area contributed by atoms with Crippen LogP contribution in [0.15, 0.2) is 36.4 Å². The van der Waals surface area contributed by atoms with Crippen LogP contribution in [0.4, 0.5) is 0 Å². The molecule has 2 aromatic rings. The summed E-state index contributed by atoms with van der Waals surface area (Å²) in [6, 6.07) is 11.4. The maximum absolute atomic E-state index is 12.6. The number of hydrogen-bond donors (Lipinski definition) is 0. The number of carbonyl (C=O) groups excluding carboxylic acids is 2.